The molecule has 4 aromatic rings. The molecule has 0 amide bonds. The van der Waals surface area contributed by atoms with Gasteiger partial charge in [0.05, 0.1) is 11.3 Å². The first-order chi connectivity index (χ1) is 20.5. The topological polar surface area (TPSA) is 54.9 Å². The normalized spacial score (nSPS) is 14.1. The van der Waals surface area contributed by atoms with Crippen LogP contribution in [0.3, 0.4) is 0 Å². The van der Waals surface area contributed by atoms with Crippen molar-refractivity contribution in [1.82, 2.24) is 9.88 Å². The Balaban J connectivity index is 1.31. The molecule has 0 atom stereocenters. The van der Waals surface area contributed by atoms with Crippen molar-refractivity contribution in [3.8, 4) is 16.3 Å². The Morgan fingerprint density at radius 2 is 1.67 bits per heavy atom. The molecule has 0 unspecified atom stereocenters. The highest BCUT2D eigenvalue weighted by molar-refractivity contribution is 7.98. The van der Waals surface area contributed by atoms with E-state index >= 15 is 0 Å². The third kappa shape index (κ3) is 8.10. The van der Waals surface area contributed by atoms with Crippen molar-refractivity contribution in [3.63, 3.8) is 0 Å². The Kier molecular flexibility index (Phi) is 9.63. The monoisotopic (exact) mass is 627 g/mol. The zero-order valence-electron chi connectivity index (χ0n) is 24.1. The number of hydrogen-bond donors (Lipinski definition) is 0. The van der Waals surface area contributed by atoms with E-state index in [4.69, 9.17) is 9.87 Å². The molecule has 11 heteroatoms. The lowest BCUT2D eigenvalue weighted by molar-refractivity contribution is -0.211. The van der Waals surface area contributed by atoms with E-state index in [1.807, 2.05) is 19.1 Å². The minimum atomic E-state index is -4.38. The highest BCUT2D eigenvalue weighted by atomic mass is 32.2. The van der Waals surface area contributed by atoms with Crippen LogP contribution in [0.15, 0.2) is 71.6 Å². The molecule has 226 valence electrons. The van der Waals surface area contributed by atoms with E-state index in [0.29, 0.717) is 28.6 Å². The van der Waals surface area contributed by atoms with Crippen LogP contribution in [-0.2, 0) is 28.2 Å². The van der Waals surface area contributed by atoms with Crippen molar-refractivity contribution < 1.29 is 27.7 Å². The van der Waals surface area contributed by atoms with Gasteiger partial charge >= 0.3 is 12.1 Å². The third-order valence-electron chi connectivity index (χ3n) is 7.15. The number of aromatic nitrogens is 1. The van der Waals surface area contributed by atoms with Crippen LogP contribution in [0.4, 0.5) is 18.9 Å². The predicted molar refractivity (Wildman–Crippen MR) is 164 cm³/mol. The van der Waals surface area contributed by atoms with Gasteiger partial charge in [-0.25, -0.2) is 9.78 Å². The van der Waals surface area contributed by atoms with Gasteiger partial charge in [0.25, 0.3) is 0 Å². The minimum Gasteiger partial charge on any atom is -0.369 e. The van der Waals surface area contributed by atoms with Gasteiger partial charge in [0.1, 0.15) is 5.01 Å². The summed E-state index contributed by atoms with van der Waals surface area (Å²) in [6.45, 7) is 9.49. The number of thioether (sulfide) groups is 1. The van der Waals surface area contributed by atoms with E-state index in [-0.39, 0.29) is 0 Å². The minimum absolute atomic E-state index is 0.465. The van der Waals surface area contributed by atoms with E-state index in [1.54, 1.807) is 17.8 Å². The van der Waals surface area contributed by atoms with Crippen LogP contribution in [-0.4, -0.2) is 42.0 Å². The average Bonchev–Trinajstić information content (AvgIpc) is 3.38. The molecule has 1 fully saturated rings. The summed E-state index contributed by atoms with van der Waals surface area (Å²) in [7, 11) is 0. The molecule has 6 nitrogen and oxygen atoms in total. The number of benzene rings is 3. The van der Waals surface area contributed by atoms with Gasteiger partial charge < -0.3 is 4.90 Å². The first-order valence-electron chi connectivity index (χ1n) is 13.8. The van der Waals surface area contributed by atoms with Gasteiger partial charge in [-0.2, -0.15) is 13.2 Å². The number of thiazole rings is 1. The predicted octanol–water partition coefficient (Wildman–Crippen LogP) is 7.92. The molecular weight excluding hydrogens is 595 g/mol. The number of piperazine rings is 1. The summed E-state index contributed by atoms with van der Waals surface area (Å²) in [5, 5.41) is 0.707. The van der Waals surface area contributed by atoms with Gasteiger partial charge in [0, 0.05) is 66.4 Å². The largest absolute Gasteiger partial charge is 0.416 e. The van der Waals surface area contributed by atoms with Crippen LogP contribution in [0.2, 0.25) is 0 Å². The Labute approximate surface area is 257 Å². The maximum Gasteiger partial charge on any atom is 0.416 e. The van der Waals surface area contributed by atoms with Gasteiger partial charge in [-0.05, 0) is 61.9 Å². The second-order valence-electron chi connectivity index (χ2n) is 10.4. The zero-order valence-corrected chi connectivity index (χ0v) is 25.7. The van der Waals surface area contributed by atoms with Gasteiger partial charge in [-0.15, -0.1) is 23.1 Å². The molecule has 1 aliphatic heterocycles. The fourth-order valence-corrected chi connectivity index (χ4v) is 6.91. The summed E-state index contributed by atoms with van der Waals surface area (Å²) in [4.78, 5) is 32.6. The average molecular weight is 628 g/mol. The number of nitrogens with zero attached hydrogens (tertiary/aromatic N) is 3. The number of anilines is 1. The molecule has 0 saturated carbocycles. The van der Waals surface area contributed by atoms with Crippen molar-refractivity contribution in [2.24, 2.45) is 0 Å². The number of carbonyl (C=O) groups is 1. The lowest BCUT2D eigenvalue weighted by Gasteiger charge is -2.36. The molecule has 0 bridgehead atoms. The van der Waals surface area contributed by atoms with Gasteiger partial charge in [-0.1, -0.05) is 29.8 Å². The second-order valence-corrected chi connectivity index (χ2v) is 12.6. The molecule has 0 aliphatic carbocycles. The summed E-state index contributed by atoms with van der Waals surface area (Å²) >= 11 is 3.16. The van der Waals surface area contributed by atoms with Crippen LogP contribution in [0.1, 0.15) is 34.2 Å². The van der Waals surface area contributed by atoms with Crippen molar-refractivity contribution in [2.75, 3.05) is 31.1 Å². The molecule has 0 N–H and O–H groups in total. The van der Waals surface area contributed by atoms with Crippen LogP contribution < -0.4 is 9.79 Å². The van der Waals surface area contributed by atoms with Crippen molar-refractivity contribution in [2.45, 2.75) is 44.1 Å². The first kappa shape index (κ1) is 30.9. The zero-order chi connectivity index (χ0) is 30.6. The summed E-state index contributed by atoms with van der Waals surface area (Å²) < 4.78 is 39.4. The molecule has 1 aliphatic rings. The molecule has 0 radical (unpaired) electrons. The standard InChI is InChI=1S/C32H32F3N3O3S2/c1-21-4-10-26(11-5-21)38-16-14-37(15-17-38)19-28-30(20-42-27-12-13-29(22(2)18-27)41-40-23(3)39)43-31(36-28)24-6-8-25(9-7-24)32(33,34)35/h4-13,18H,14-17,19-20H2,1-3H3. The smallest absolute Gasteiger partial charge is 0.369 e. The fraction of sp³-hybridized carbons (Fsp3) is 0.312. The molecule has 3 aromatic carbocycles. The van der Waals surface area contributed by atoms with Crippen LogP contribution in [0, 0.1) is 13.8 Å². The van der Waals surface area contributed by atoms with E-state index in [0.717, 1.165) is 59.3 Å². The molecule has 2 heterocycles. The van der Waals surface area contributed by atoms with Crippen molar-refractivity contribution >= 4 is 34.8 Å². The number of carbonyl (C=O) groups excluding carboxylic acids is 1. The van der Waals surface area contributed by atoms with E-state index in [1.165, 1.54) is 41.6 Å². The molecule has 1 saturated heterocycles. The molecule has 1 aromatic heterocycles. The van der Waals surface area contributed by atoms with E-state index in [9.17, 15) is 18.0 Å². The number of aryl methyl sites for hydroxylation is 2. The summed E-state index contributed by atoms with van der Waals surface area (Å²) in [5.41, 5.74) is 4.23. The fourth-order valence-electron chi connectivity index (χ4n) is 4.73. The van der Waals surface area contributed by atoms with Crippen LogP contribution in [0.25, 0.3) is 10.6 Å². The Bertz CT molecular complexity index is 1550. The van der Waals surface area contributed by atoms with Gasteiger partial charge in [0.15, 0.2) is 5.75 Å². The molecular formula is C32H32F3N3O3S2. The SMILES string of the molecule is CC(=O)OOc1ccc(SCc2sc(-c3ccc(C(F)(F)F)cc3)nc2CN2CCN(c3ccc(C)cc3)CC2)cc1C. The van der Waals surface area contributed by atoms with E-state index in [2.05, 4.69) is 45.9 Å². The quantitative estimate of drug-likeness (QED) is 0.106. The van der Waals surface area contributed by atoms with Gasteiger partial charge in [0.2, 0.25) is 0 Å². The maximum atomic E-state index is 13.1. The third-order valence-corrected chi connectivity index (χ3v) is 9.50. The molecule has 5 rings (SSSR count). The summed E-state index contributed by atoms with van der Waals surface area (Å²) in [5.74, 6) is 0.587. The van der Waals surface area contributed by atoms with E-state index < -0.39 is 17.7 Å². The van der Waals surface area contributed by atoms with Crippen LogP contribution >= 0.6 is 23.1 Å². The first-order valence-corrected chi connectivity index (χ1v) is 15.6. The Morgan fingerprint density at radius 1 is 0.977 bits per heavy atom. The van der Waals surface area contributed by atoms with Crippen LogP contribution in [0.5, 0.6) is 5.75 Å². The second kappa shape index (κ2) is 13.4. The number of alkyl halides is 3. The number of hydrogen-bond acceptors (Lipinski definition) is 8. The lowest BCUT2D eigenvalue weighted by atomic mass is 10.1. The van der Waals surface area contributed by atoms with Crippen molar-refractivity contribution in [1.29, 1.82) is 0 Å². The number of rotatable bonds is 9. The Morgan fingerprint density at radius 3 is 2.30 bits per heavy atom. The number of halogens is 3. The van der Waals surface area contributed by atoms with Crippen molar-refractivity contribution in [3.05, 3.63) is 94.0 Å². The Hall–Kier alpha value is -3.54. The van der Waals surface area contributed by atoms with Gasteiger partial charge in [-0.3, -0.25) is 14.7 Å². The lowest BCUT2D eigenvalue weighted by Crippen LogP contribution is -2.46. The highest BCUT2D eigenvalue weighted by Crippen LogP contribution is 2.36. The highest BCUT2D eigenvalue weighted by Gasteiger charge is 2.30. The summed E-state index contributed by atoms with van der Waals surface area (Å²) in [6, 6.07) is 19.4. The summed E-state index contributed by atoms with van der Waals surface area (Å²) in [6.07, 6.45) is -4.38. The molecule has 0 spiro atoms. The molecule has 43 heavy (non-hydrogen) atoms. The maximum absolute atomic E-state index is 13.1.